The fraction of sp³-hybridized carbons (Fsp3) is 1.00. The molecule has 0 unspecified atom stereocenters. The minimum atomic E-state index is 0. The number of hydrogen-bond donors (Lipinski definition) is 0. The summed E-state index contributed by atoms with van der Waals surface area (Å²) < 4.78 is 0. The minimum absolute atomic E-state index is 0. The molecule has 0 N–H and O–H groups in total. The van der Waals surface area contributed by atoms with Crippen LogP contribution in [0.25, 0.3) is 0 Å². The molecule has 0 aromatic rings. The van der Waals surface area contributed by atoms with Crippen molar-refractivity contribution in [2.24, 2.45) is 0 Å². The molecule has 0 saturated heterocycles. The van der Waals surface area contributed by atoms with Crippen molar-refractivity contribution in [3.05, 3.63) is 0 Å². The van der Waals surface area contributed by atoms with Crippen LogP contribution in [0.15, 0.2) is 0 Å². The smallest absolute Gasteiger partial charge is 1.00 e. The first-order valence-electron chi connectivity index (χ1n) is 1.37. The van der Waals surface area contributed by atoms with Crippen molar-refractivity contribution >= 4 is 34.7 Å². The largest absolute Gasteiger partial charge is 2.00 e. The monoisotopic (exact) mass is 104 g/mol. The molecule has 0 fully saturated rings. The first-order valence-corrected chi connectivity index (χ1v) is 1.81. The third kappa shape index (κ3) is 42.3. The van der Waals surface area contributed by atoms with Crippen molar-refractivity contribution in [2.45, 2.75) is 19.2 Å². The van der Waals surface area contributed by atoms with Crippen LogP contribution in [-0.2, 0) is 0 Å². The van der Waals surface area contributed by atoms with Gasteiger partial charge < -0.3 is 2.85 Å². The maximum Gasteiger partial charge on any atom is 2.00 e. The Bertz CT molecular complexity index is 17.7. The van der Waals surface area contributed by atoms with E-state index in [1.165, 1.54) is 0 Å². The Hall–Kier alpha value is 1.06. The maximum atomic E-state index is 5.27. The van der Waals surface area contributed by atoms with Gasteiger partial charge in [-0.05, 0) is 13.8 Å². The molecule has 0 aromatic carbocycles. The van der Waals surface area contributed by atoms with E-state index < -0.39 is 0 Å². The molecular weight excluding hydrogens is 95.8 g/mol. The molecule has 0 aromatic heterocycles. The van der Waals surface area contributed by atoms with E-state index in [2.05, 4.69) is 0 Å². The fourth-order valence-corrected chi connectivity index (χ4v) is 0. The number of hydrogen-bond acceptors (Lipinski definition) is 0. The zero-order chi connectivity index (χ0) is 3.58. The SMILES string of the molecule is CC(C)Cl.[H-].[H-].[Mg+2]. The molecule has 2 heteroatoms. The van der Waals surface area contributed by atoms with Crippen LogP contribution in [-0.4, -0.2) is 28.4 Å². The van der Waals surface area contributed by atoms with Crippen LogP contribution in [0.2, 0.25) is 0 Å². The van der Waals surface area contributed by atoms with Gasteiger partial charge in [-0.1, -0.05) is 0 Å². The zero-order valence-electron chi connectivity index (χ0n) is 5.66. The maximum absolute atomic E-state index is 5.27. The molecule has 0 aliphatic heterocycles. The van der Waals surface area contributed by atoms with Gasteiger partial charge in [0.1, 0.15) is 0 Å². The third-order valence-corrected chi connectivity index (χ3v) is 0. The van der Waals surface area contributed by atoms with E-state index in [0.29, 0.717) is 5.38 Å². The van der Waals surface area contributed by atoms with E-state index in [1.807, 2.05) is 13.8 Å². The molecule has 0 saturated carbocycles. The van der Waals surface area contributed by atoms with E-state index in [0.717, 1.165) is 0 Å². The molecule has 0 atom stereocenters. The summed E-state index contributed by atoms with van der Waals surface area (Å²) >= 11 is 5.27. The molecular formula is C3H9ClMg. The second-order valence-electron chi connectivity index (χ2n) is 1.01. The van der Waals surface area contributed by atoms with Crippen LogP contribution in [0.1, 0.15) is 16.7 Å². The first kappa shape index (κ1) is 9.41. The summed E-state index contributed by atoms with van der Waals surface area (Å²) in [4.78, 5) is 0. The van der Waals surface area contributed by atoms with Crippen molar-refractivity contribution in [1.29, 1.82) is 0 Å². The van der Waals surface area contributed by atoms with Crippen molar-refractivity contribution in [2.75, 3.05) is 0 Å². The second-order valence-corrected chi connectivity index (χ2v) is 1.89. The van der Waals surface area contributed by atoms with Crippen molar-refractivity contribution in [3.63, 3.8) is 0 Å². The van der Waals surface area contributed by atoms with Gasteiger partial charge in [0.15, 0.2) is 0 Å². The van der Waals surface area contributed by atoms with Crippen molar-refractivity contribution in [1.82, 2.24) is 0 Å². The zero-order valence-corrected chi connectivity index (χ0v) is 5.83. The molecule has 0 heterocycles. The number of rotatable bonds is 0. The Balaban J connectivity index is -0.0000000150. The topological polar surface area (TPSA) is 0 Å². The Morgan fingerprint density at radius 1 is 1.60 bits per heavy atom. The third-order valence-electron chi connectivity index (χ3n) is 0. The number of alkyl halides is 1. The summed E-state index contributed by atoms with van der Waals surface area (Å²) in [5, 5.41) is 0.306. The summed E-state index contributed by atoms with van der Waals surface area (Å²) in [6.45, 7) is 3.86. The van der Waals surface area contributed by atoms with Crippen LogP contribution in [0, 0.1) is 0 Å². The Labute approximate surface area is 57.0 Å². The summed E-state index contributed by atoms with van der Waals surface area (Å²) in [6, 6.07) is 0. The van der Waals surface area contributed by atoms with Gasteiger partial charge in [-0.3, -0.25) is 0 Å². The van der Waals surface area contributed by atoms with E-state index in [9.17, 15) is 0 Å². The summed E-state index contributed by atoms with van der Waals surface area (Å²) in [7, 11) is 0. The summed E-state index contributed by atoms with van der Waals surface area (Å²) in [5.41, 5.74) is 0. The van der Waals surface area contributed by atoms with Gasteiger partial charge in [-0.25, -0.2) is 0 Å². The van der Waals surface area contributed by atoms with Gasteiger partial charge in [-0.2, -0.15) is 0 Å². The quantitative estimate of drug-likeness (QED) is 0.323. The van der Waals surface area contributed by atoms with E-state index in [-0.39, 0.29) is 25.9 Å². The molecule has 0 bridgehead atoms. The van der Waals surface area contributed by atoms with Crippen molar-refractivity contribution in [3.8, 4) is 0 Å². The van der Waals surface area contributed by atoms with Crippen LogP contribution in [0.5, 0.6) is 0 Å². The molecule has 0 nitrogen and oxygen atoms in total. The molecule has 0 spiro atoms. The number of halogens is 1. The van der Waals surface area contributed by atoms with Gasteiger partial charge in [0.05, 0.1) is 0 Å². The van der Waals surface area contributed by atoms with Crippen molar-refractivity contribution < 1.29 is 2.85 Å². The van der Waals surface area contributed by atoms with Gasteiger partial charge in [0.25, 0.3) is 0 Å². The summed E-state index contributed by atoms with van der Waals surface area (Å²) in [5.74, 6) is 0. The summed E-state index contributed by atoms with van der Waals surface area (Å²) in [6.07, 6.45) is 0. The van der Waals surface area contributed by atoms with Crippen LogP contribution in [0.4, 0.5) is 0 Å². The standard InChI is InChI=1S/C3H7Cl.Mg.2H/c1-3(2)4;;;/h3H,1-2H3;;;/q;+2;2*-1. The predicted octanol–water partition coefficient (Wildman–Crippen LogP) is 1.48. The van der Waals surface area contributed by atoms with Crippen LogP contribution < -0.4 is 0 Å². The predicted molar refractivity (Wildman–Crippen MR) is 29.0 cm³/mol. The van der Waals surface area contributed by atoms with E-state index in [4.69, 9.17) is 11.6 Å². The Kier molecular flexibility index (Phi) is 9.52. The molecule has 5 heavy (non-hydrogen) atoms. The molecule has 30 valence electrons. The van der Waals surface area contributed by atoms with Gasteiger partial charge in [0.2, 0.25) is 0 Å². The van der Waals surface area contributed by atoms with Gasteiger partial charge in [0, 0.05) is 5.38 Å². The molecule has 0 aliphatic carbocycles. The molecule has 0 radical (unpaired) electrons. The fourth-order valence-electron chi connectivity index (χ4n) is 0. The van der Waals surface area contributed by atoms with Crippen LogP contribution in [0.3, 0.4) is 0 Å². The first-order chi connectivity index (χ1) is 1.73. The van der Waals surface area contributed by atoms with E-state index in [1.54, 1.807) is 0 Å². The van der Waals surface area contributed by atoms with Gasteiger partial charge in [-0.15, -0.1) is 11.6 Å². The minimum Gasteiger partial charge on any atom is -1.00 e. The van der Waals surface area contributed by atoms with E-state index >= 15 is 0 Å². The molecule has 0 rings (SSSR count). The normalized spacial score (nSPS) is 7.20. The van der Waals surface area contributed by atoms with Gasteiger partial charge >= 0.3 is 23.1 Å². The second kappa shape index (κ2) is 5.06. The molecule has 0 aliphatic rings. The Morgan fingerprint density at radius 2 is 1.60 bits per heavy atom. The average Bonchev–Trinajstić information content (AvgIpc) is 0.811. The average molecular weight is 105 g/mol. The van der Waals surface area contributed by atoms with Crippen LogP contribution >= 0.6 is 11.6 Å². The molecule has 0 amide bonds. The Morgan fingerprint density at radius 3 is 1.60 bits per heavy atom.